The van der Waals surface area contributed by atoms with Gasteiger partial charge in [-0.2, -0.15) is 0 Å². The fourth-order valence-electron chi connectivity index (χ4n) is 1.46. The summed E-state index contributed by atoms with van der Waals surface area (Å²) in [6, 6.07) is 10.3. The van der Waals surface area contributed by atoms with Crippen molar-refractivity contribution in [2.45, 2.75) is 6.54 Å². The number of amides is 1. The van der Waals surface area contributed by atoms with E-state index in [2.05, 4.69) is 10.3 Å². The number of hydrogen-bond donors (Lipinski definition) is 1. The molecule has 1 amide bonds. The molecule has 0 atom stereocenters. The van der Waals surface area contributed by atoms with Crippen LogP contribution in [0.4, 0.5) is 0 Å². The Morgan fingerprint density at radius 1 is 1.20 bits per heavy atom. The lowest BCUT2D eigenvalue weighted by Crippen LogP contribution is -2.28. The maximum absolute atomic E-state index is 11.6. The molecule has 0 aliphatic heterocycles. The summed E-state index contributed by atoms with van der Waals surface area (Å²) in [5.41, 5.74) is 0.787. The molecule has 4 nitrogen and oxygen atoms in total. The van der Waals surface area contributed by atoms with Crippen molar-refractivity contribution in [3.63, 3.8) is 0 Å². The van der Waals surface area contributed by atoms with E-state index < -0.39 is 0 Å². The Kier molecular flexibility index (Phi) is 5.21. The number of hydrogen-bond acceptors (Lipinski definition) is 3. The molecular weight excluding hydrogens is 299 g/mol. The summed E-state index contributed by atoms with van der Waals surface area (Å²) >= 11 is 11.6. The highest BCUT2D eigenvalue weighted by Gasteiger charge is 2.05. The summed E-state index contributed by atoms with van der Waals surface area (Å²) in [6.45, 7) is 0.273. The fraction of sp³-hybridized carbons (Fsp3) is 0.143. The van der Waals surface area contributed by atoms with Crippen LogP contribution in [-0.4, -0.2) is 17.5 Å². The molecule has 1 aromatic carbocycles. The third-order valence-electron chi connectivity index (χ3n) is 2.45. The van der Waals surface area contributed by atoms with Crippen LogP contribution in [0.25, 0.3) is 0 Å². The molecule has 0 bridgehead atoms. The zero-order valence-corrected chi connectivity index (χ0v) is 12.0. The van der Waals surface area contributed by atoms with Gasteiger partial charge in [-0.3, -0.25) is 9.78 Å². The summed E-state index contributed by atoms with van der Waals surface area (Å²) in [7, 11) is 0. The molecule has 104 valence electrons. The van der Waals surface area contributed by atoms with Gasteiger partial charge in [0, 0.05) is 12.3 Å². The van der Waals surface area contributed by atoms with E-state index in [0.717, 1.165) is 5.69 Å². The minimum atomic E-state index is -0.235. The maximum Gasteiger partial charge on any atom is 0.258 e. The molecule has 20 heavy (non-hydrogen) atoms. The van der Waals surface area contributed by atoms with E-state index in [0.29, 0.717) is 22.3 Å². The molecule has 0 fully saturated rings. The van der Waals surface area contributed by atoms with Gasteiger partial charge in [0.05, 0.1) is 22.3 Å². The highest BCUT2D eigenvalue weighted by atomic mass is 35.5. The van der Waals surface area contributed by atoms with E-state index in [9.17, 15) is 4.79 Å². The second-order valence-corrected chi connectivity index (χ2v) is 4.78. The number of rotatable bonds is 5. The number of nitrogens with one attached hydrogen (secondary N) is 1. The van der Waals surface area contributed by atoms with Gasteiger partial charge in [-0.1, -0.05) is 29.3 Å². The standard InChI is InChI=1S/C14H12Cl2N2O2/c15-12-5-4-11(7-13(12)16)20-9-14(19)18-8-10-3-1-2-6-17-10/h1-7H,8-9H2,(H,18,19). The van der Waals surface area contributed by atoms with Crippen LogP contribution in [0.3, 0.4) is 0 Å². The highest BCUT2D eigenvalue weighted by molar-refractivity contribution is 6.42. The Balaban J connectivity index is 1.79. The second-order valence-electron chi connectivity index (χ2n) is 3.96. The quantitative estimate of drug-likeness (QED) is 0.923. The molecule has 0 aliphatic rings. The van der Waals surface area contributed by atoms with Crippen molar-refractivity contribution in [1.82, 2.24) is 10.3 Å². The lowest BCUT2D eigenvalue weighted by atomic mass is 10.3. The first-order valence-corrected chi connectivity index (χ1v) is 6.65. The summed E-state index contributed by atoms with van der Waals surface area (Å²) in [5, 5.41) is 3.54. The van der Waals surface area contributed by atoms with Crippen molar-refractivity contribution in [3.05, 3.63) is 58.3 Å². The third kappa shape index (κ3) is 4.40. The SMILES string of the molecule is O=C(COc1ccc(Cl)c(Cl)c1)NCc1ccccn1. The van der Waals surface area contributed by atoms with Crippen LogP contribution in [0.2, 0.25) is 10.0 Å². The lowest BCUT2D eigenvalue weighted by Gasteiger charge is -2.08. The molecule has 0 spiro atoms. The molecular formula is C14H12Cl2N2O2. The Morgan fingerprint density at radius 2 is 2.05 bits per heavy atom. The van der Waals surface area contributed by atoms with Crippen molar-refractivity contribution < 1.29 is 9.53 Å². The summed E-state index contributed by atoms with van der Waals surface area (Å²) in [5.74, 6) is 0.258. The Hall–Kier alpha value is -1.78. The Morgan fingerprint density at radius 3 is 2.75 bits per heavy atom. The van der Waals surface area contributed by atoms with Crippen molar-refractivity contribution in [2.24, 2.45) is 0 Å². The Bertz CT molecular complexity index is 591. The fourth-order valence-corrected chi connectivity index (χ4v) is 1.75. The molecule has 0 saturated heterocycles. The number of benzene rings is 1. The first kappa shape index (κ1) is 14.6. The number of ether oxygens (including phenoxy) is 1. The molecule has 2 rings (SSSR count). The first-order valence-electron chi connectivity index (χ1n) is 5.89. The third-order valence-corrected chi connectivity index (χ3v) is 3.19. The van der Waals surface area contributed by atoms with Crippen molar-refractivity contribution in [2.75, 3.05) is 6.61 Å². The number of halogens is 2. The van der Waals surface area contributed by atoms with Crippen LogP contribution in [0.1, 0.15) is 5.69 Å². The van der Waals surface area contributed by atoms with Crippen LogP contribution in [0, 0.1) is 0 Å². The Labute approximate surface area is 126 Å². The summed E-state index contributed by atoms with van der Waals surface area (Å²) in [4.78, 5) is 15.7. The minimum Gasteiger partial charge on any atom is -0.484 e. The van der Waals surface area contributed by atoms with Gasteiger partial charge in [-0.25, -0.2) is 0 Å². The highest BCUT2D eigenvalue weighted by Crippen LogP contribution is 2.26. The molecule has 0 radical (unpaired) electrons. The molecule has 6 heteroatoms. The molecule has 2 aromatic rings. The average Bonchev–Trinajstić information content (AvgIpc) is 2.47. The van der Waals surface area contributed by atoms with Crippen molar-refractivity contribution in [3.8, 4) is 5.75 Å². The number of carbonyl (C=O) groups excluding carboxylic acids is 1. The van der Waals surface area contributed by atoms with Gasteiger partial charge in [0.1, 0.15) is 5.75 Å². The zero-order valence-electron chi connectivity index (χ0n) is 10.5. The van der Waals surface area contributed by atoms with E-state index in [1.165, 1.54) is 0 Å². The van der Waals surface area contributed by atoms with Crippen molar-refractivity contribution in [1.29, 1.82) is 0 Å². The molecule has 0 saturated carbocycles. The zero-order chi connectivity index (χ0) is 14.4. The number of pyridine rings is 1. The number of aromatic nitrogens is 1. The van der Waals surface area contributed by atoms with Gasteiger partial charge < -0.3 is 10.1 Å². The smallest absolute Gasteiger partial charge is 0.258 e. The predicted octanol–water partition coefficient (Wildman–Crippen LogP) is 3.08. The molecule has 0 unspecified atom stereocenters. The first-order chi connectivity index (χ1) is 9.65. The van der Waals surface area contributed by atoms with Gasteiger partial charge in [0.15, 0.2) is 6.61 Å². The van der Waals surface area contributed by atoms with E-state index in [4.69, 9.17) is 27.9 Å². The maximum atomic E-state index is 11.6. The van der Waals surface area contributed by atoms with Gasteiger partial charge >= 0.3 is 0 Å². The summed E-state index contributed by atoms with van der Waals surface area (Å²) < 4.78 is 5.32. The minimum absolute atomic E-state index is 0.0925. The predicted molar refractivity (Wildman–Crippen MR) is 78.0 cm³/mol. The van der Waals surface area contributed by atoms with Crippen LogP contribution in [0.5, 0.6) is 5.75 Å². The number of carbonyl (C=O) groups is 1. The largest absolute Gasteiger partial charge is 0.484 e. The lowest BCUT2D eigenvalue weighted by molar-refractivity contribution is -0.123. The van der Waals surface area contributed by atoms with E-state index >= 15 is 0 Å². The van der Waals surface area contributed by atoms with E-state index in [1.54, 1.807) is 24.4 Å². The van der Waals surface area contributed by atoms with Crippen LogP contribution in [-0.2, 0) is 11.3 Å². The van der Waals surface area contributed by atoms with E-state index in [-0.39, 0.29) is 12.5 Å². The molecule has 1 heterocycles. The summed E-state index contributed by atoms with van der Waals surface area (Å²) in [6.07, 6.45) is 1.67. The topological polar surface area (TPSA) is 51.2 Å². The van der Waals surface area contributed by atoms with Crippen molar-refractivity contribution >= 4 is 29.1 Å². The monoisotopic (exact) mass is 310 g/mol. The molecule has 1 aromatic heterocycles. The normalized spacial score (nSPS) is 10.1. The van der Waals surface area contributed by atoms with Gasteiger partial charge in [-0.15, -0.1) is 0 Å². The molecule has 1 N–H and O–H groups in total. The van der Waals surface area contributed by atoms with E-state index in [1.807, 2.05) is 18.2 Å². The van der Waals surface area contributed by atoms with Crippen LogP contribution in [0.15, 0.2) is 42.6 Å². The van der Waals surface area contributed by atoms with Crippen LogP contribution < -0.4 is 10.1 Å². The second kappa shape index (κ2) is 7.12. The average molecular weight is 311 g/mol. The van der Waals surface area contributed by atoms with Gasteiger partial charge in [0.2, 0.25) is 0 Å². The number of nitrogens with zero attached hydrogens (tertiary/aromatic N) is 1. The van der Waals surface area contributed by atoms with Gasteiger partial charge in [-0.05, 0) is 24.3 Å². The molecule has 0 aliphatic carbocycles. The van der Waals surface area contributed by atoms with Gasteiger partial charge in [0.25, 0.3) is 5.91 Å². The van der Waals surface area contributed by atoms with Crippen LogP contribution >= 0.6 is 23.2 Å².